The van der Waals surface area contributed by atoms with Gasteiger partial charge in [-0.1, -0.05) is 18.2 Å². The fourth-order valence-corrected chi connectivity index (χ4v) is 1.68. The summed E-state index contributed by atoms with van der Waals surface area (Å²) >= 11 is 0. The van der Waals surface area contributed by atoms with E-state index in [9.17, 15) is 4.79 Å². The van der Waals surface area contributed by atoms with E-state index >= 15 is 0 Å². The number of hydrogen-bond donors (Lipinski definition) is 1. The van der Waals surface area contributed by atoms with Crippen LogP contribution >= 0.6 is 0 Å². The van der Waals surface area contributed by atoms with Gasteiger partial charge in [0.25, 0.3) is 0 Å². The molecule has 0 aliphatic rings. The van der Waals surface area contributed by atoms with E-state index in [-0.39, 0.29) is 108 Å². The Morgan fingerprint density at radius 3 is 2.00 bits per heavy atom. The van der Waals surface area contributed by atoms with Gasteiger partial charge in [0.2, 0.25) is 0 Å². The molecule has 0 aliphatic carbocycles. The van der Waals surface area contributed by atoms with Gasteiger partial charge in [0, 0.05) is 0 Å². The fraction of sp³-hybridized carbons (Fsp3) is 0.125. The number of aryl methyl sites for hydroxylation is 1. The van der Waals surface area contributed by atoms with Gasteiger partial charge in [0.1, 0.15) is 5.75 Å². The summed E-state index contributed by atoms with van der Waals surface area (Å²) in [7, 11) is 1.51. The Kier molecular flexibility index (Phi) is 15.4. The molecule has 0 amide bonds. The molecular formula is C16H14K2O7. The molecule has 122 valence electrons. The topological polar surface area (TPSA) is 119 Å². The van der Waals surface area contributed by atoms with E-state index in [1.54, 1.807) is 6.07 Å². The number of rotatable bonds is 4. The Labute approximate surface area is 230 Å². The minimum absolute atomic E-state index is 0. The van der Waals surface area contributed by atoms with Gasteiger partial charge < -0.3 is 29.6 Å². The van der Waals surface area contributed by atoms with Gasteiger partial charge in [0.15, 0.2) is 11.5 Å². The van der Waals surface area contributed by atoms with E-state index in [1.807, 2.05) is 31.2 Å². The van der Waals surface area contributed by atoms with Crippen molar-refractivity contribution in [1.29, 1.82) is 0 Å². The largest absolute Gasteiger partial charge is 1.00 e. The van der Waals surface area contributed by atoms with Crippen molar-refractivity contribution in [2.75, 3.05) is 7.11 Å². The predicted molar refractivity (Wildman–Crippen MR) is 76.6 cm³/mol. The van der Waals surface area contributed by atoms with Crippen LogP contribution in [0.1, 0.15) is 15.9 Å². The monoisotopic (exact) mass is 396 g/mol. The molecule has 0 saturated carbocycles. The van der Waals surface area contributed by atoms with Crippen LogP contribution in [0.15, 0.2) is 42.5 Å². The van der Waals surface area contributed by atoms with E-state index in [1.165, 1.54) is 19.2 Å². The molecule has 0 radical (unpaired) electrons. The zero-order valence-electron chi connectivity index (χ0n) is 14.4. The number of aromatic carboxylic acids is 1. The van der Waals surface area contributed by atoms with Gasteiger partial charge in [0.05, 0.1) is 12.7 Å². The van der Waals surface area contributed by atoms with Crippen LogP contribution in [0.2, 0.25) is 0 Å². The summed E-state index contributed by atoms with van der Waals surface area (Å²) in [6.07, 6.45) is -2.33. The van der Waals surface area contributed by atoms with Gasteiger partial charge in [-0.25, -0.2) is 4.79 Å². The van der Waals surface area contributed by atoms with Gasteiger partial charge in [-0.05, 0) is 42.9 Å². The first-order chi connectivity index (χ1) is 10.8. The first-order valence-corrected chi connectivity index (χ1v) is 6.38. The number of carboxylic acids is 1. The molecule has 0 aliphatic heterocycles. The average molecular weight is 396 g/mol. The SMILES string of the molecule is COc1ccc(C(=O)O)cc1Oc1ccccc1C.O=C([O-])[O-].[K+].[K+]. The smallest absolute Gasteiger partial charge is 0.652 e. The van der Waals surface area contributed by atoms with Crippen LogP contribution in [-0.2, 0) is 0 Å². The molecule has 0 aromatic heterocycles. The number of carboxylic acid groups (broad SMARTS) is 3. The molecule has 0 fully saturated rings. The third kappa shape index (κ3) is 10.1. The molecule has 2 rings (SSSR count). The molecule has 0 unspecified atom stereocenters. The normalized spacial score (nSPS) is 8.56. The summed E-state index contributed by atoms with van der Waals surface area (Å²) < 4.78 is 10.9. The predicted octanol–water partition coefficient (Wildman–Crippen LogP) is -4.94. The maximum absolute atomic E-state index is 11.0. The van der Waals surface area contributed by atoms with Crippen molar-refractivity contribution >= 4 is 12.1 Å². The number of para-hydroxylation sites is 1. The van der Waals surface area contributed by atoms with Crippen molar-refractivity contribution in [3.63, 3.8) is 0 Å². The summed E-state index contributed by atoms with van der Waals surface area (Å²) in [5, 5.41) is 25.7. The number of hydrogen-bond acceptors (Lipinski definition) is 6. The Morgan fingerprint density at radius 1 is 0.960 bits per heavy atom. The van der Waals surface area contributed by atoms with E-state index in [0.717, 1.165) is 5.56 Å². The van der Waals surface area contributed by atoms with Gasteiger partial charge in [-0.2, -0.15) is 0 Å². The first-order valence-electron chi connectivity index (χ1n) is 6.38. The van der Waals surface area contributed by atoms with Crippen LogP contribution in [0.25, 0.3) is 0 Å². The minimum Gasteiger partial charge on any atom is -0.652 e. The third-order valence-corrected chi connectivity index (χ3v) is 2.72. The van der Waals surface area contributed by atoms with Crippen LogP contribution in [0, 0.1) is 6.92 Å². The zero-order valence-corrected chi connectivity index (χ0v) is 20.7. The Morgan fingerprint density at radius 2 is 1.52 bits per heavy atom. The number of ether oxygens (including phenoxy) is 2. The second-order valence-electron chi connectivity index (χ2n) is 4.29. The molecule has 0 bridgehead atoms. The molecule has 2 aromatic carbocycles. The van der Waals surface area contributed by atoms with Crippen LogP contribution < -0.4 is 122 Å². The van der Waals surface area contributed by atoms with Crippen LogP contribution in [0.5, 0.6) is 17.2 Å². The van der Waals surface area contributed by atoms with Crippen molar-refractivity contribution in [1.82, 2.24) is 0 Å². The summed E-state index contributed by atoms with van der Waals surface area (Å²) in [4.78, 5) is 19.3. The van der Waals surface area contributed by atoms with Gasteiger partial charge in [-0.3, -0.25) is 0 Å². The molecule has 0 spiro atoms. The number of carbonyl (C=O) groups excluding carboxylic acids is 1. The summed E-state index contributed by atoms with van der Waals surface area (Å²) in [6, 6.07) is 12.0. The van der Waals surface area contributed by atoms with Gasteiger partial charge >= 0.3 is 109 Å². The zero-order chi connectivity index (χ0) is 17.4. The number of methoxy groups -OCH3 is 1. The third-order valence-electron chi connectivity index (χ3n) is 2.72. The standard InChI is InChI=1S/C15H14O4.CH2O3.2K/c1-10-5-3-4-6-12(10)19-14-9-11(15(16)17)7-8-13(14)18-2;2-1(3)4;;/h3-9H,1-2H3,(H,16,17);(H2,2,3,4);;/q;;2*+1/p-2. The second kappa shape index (κ2) is 14.2. The first kappa shape index (κ1) is 27.3. The molecule has 0 atom stereocenters. The van der Waals surface area contributed by atoms with Crippen molar-refractivity contribution in [3.05, 3.63) is 53.6 Å². The van der Waals surface area contributed by atoms with Crippen LogP contribution in [0.4, 0.5) is 4.79 Å². The number of carbonyl (C=O) groups is 2. The quantitative estimate of drug-likeness (QED) is 0.514. The minimum atomic E-state index is -2.33. The Balaban J connectivity index is 0. The van der Waals surface area contributed by atoms with Crippen LogP contribution in [0.3, 0.4) is 0 Å². The molecule has 7 nitrogen and oxygen atoms in total. The molecule has 2 aromatic rings. The summed E-state index contributed by atoms with van der Waals surface area (Å²) in [5.41, 5.74) is 1.12. The maximum atomic E-state index is 11.0. The van der Waals surface area contributed by atoms with Crippen molar-refractivity contribution in [3.8, 4) is 17.2 Å². The summed E-state index contributed by atoms with van der Waals surface area (Å²) in [6.45, 7) is 1.92. The maximum Gasteiger partial charge on any atom is 1.00 e. The molecule has 9 heteroatoms. The molecule has 1 N–H and O–H groups in total. The second-order valence-corrected chi connectivity index (χ2v) is 4.29. The molecule has 0 saturated heterocycles. The van der Waals surface area contributed by atoms with Gasteiger partial charge in [-0.15, -0.1) is 0 Å². The van der Waals surface area contributed by atoms with Crippen molar-refractivity contribution in [2.24, 2.45) is 0 Å². The molecule has 0 heterocycles. The number of benzene rings is 2. The van der Waals surface area contributed by atoms with E-state index in [4.69, 9.17) is 29.6 Å². The fourth-order valence-electron chi connectivity index (χ4n) is 1.68. The summed E-state index contributed by atoms with van der Waals surface area (Å²) in [5.74, 6) is 0.547. The van der Waals surface area contributed by atoms with E-state index < -0.39 is 12.1 Å². The van der Waals surface area contributed by atoms with Crippen molar-refractivity contribution in [2.45, 2.75) is 6.92 Å². The van der Waals surface area contributed by atoms with E-state index in [2.05, 4.69) is 0 Å². The Bertz CT molecular complexity index is 701. The molecular weight excluding hydrogens is 382 g/mol. The Hall–Kier alpha value is 0.0527. The molecule has 25 heavy (non-hydrogen) atoms. The van der Waals surface area contributed by atoms with E-state index in [0.29, 0.717) is 17.2 Å². The van der Waals surface area contributed by atoms with Crippen LogP contribution in [-0.4, -0.2) is 24.3 Å². The average Bonchev–Trinajstić information content (AvgIpc) is 2.49. The van der Waals surface area contributed by atoms with Crippen molar-refractivity contribution < 1.29 is 137 Å².